The Labute approximate surface area is 145 Å². The number of amides is 2. The Morgan fingerprint density at radius 1 is 1.08 bits per heavy atom. The molecule has 0 spiro atoms. The van der Waals surface area contributed by atoms with Crippen LogP contribution in [0.3, 0.4) is 0 Å². The molecular formula is C19H20N4O2. The molecule has 3 aromatic rings. The van der Waals surface area contributed by atoms with Crippen LogP contribution in [-0.4, -0.2) is 47.0 Å². The summed E-state index contributed by atoms with van der Waals surface area (Å²) in [6, 6.07) is 16.4. The predicted molar refractivity (Wildman–Crippen MR) is 96.2 cm³/mol. The van der Waals surface area contributed by atoms with Gasteiger partial charge in [-0.3, -0.25) is 14.7 Å². The second kappa shape index (κ2) is 7.17. The quantitative estimate of drug-likeness (QED) is 0.748. The molecule has 0 unspecified atom stereocenters. The molecule has 0 saturated carbocycles. The minimum absolute atomic E-state index is 0.156. The van der Waals surface area contributed by atoms with Crippen LogP contribution in [0.2, 0.25) is 0 Å². The summed E-state index contributed by atoms with van der Waals surface area (Å²) in [5.41, 5.74) is 2.06. The zero-order chi connectivity index (χ0) is 17.8. The minimum atomic E-state index is -0.652. The molecule has 1 heterocycles. The molecule has 0 saturated heterocycles. The van der Waals surface area contributed by atoms with Gasteiger partial charge in [-0.05, 0) is 11.6 Å². The fourth-order valence-electron chi connectivity index (χ4n) is 2.72. The van der Waals surface area contributed by atoms with E-state index in [-0.39, 0.29) is 11.8 Å². The summed E-state index contributed by atoms with van der Waals surface area (Å²) in [5, 5.41) is 10.5. The highest BCUT2D eigenvalue weighted by molar-refractivity contribution is 6.06. The van der Waals surface area contributed by atoms with Gasteiger partial charge in [0.05, 0.1) is 5.52 Å². The Bertz CT molecular complexity index is 887. The Balaban J connectivity index is 1.84. The molecule has 0 radical (unpaired) electrons. The number of aromatic nitrogens is 2. The van der Waals surface area contributed by atoms with Crippen LogP contribution in [0, 0.1) is 0 Å². The molecule has 0 fully saturated rings. The van der Waals surface area contributed by atoms with E-state index >= 15 is 0 Å². The highest BCUT2D eigenvalue weighted by atomic mass is 16.2. The number of likely N-dealkylation sites (N-methyl/N-ethyl adjacent to an activating group) is 1. The summed E-state index contributed by atoms with van der Waals surface area (Å²) >= 11 is 0. The third-order valence-corrected chi connectivity index (χ3v) is 4.01. The van der Waals surface area contributed by atoms with Gasteiger partial charge >= 0.3 is 0 Å². The number of hydrogen-bond acceptors (Lipinski definition) is 3. The number of aromatic amines is 1. The number of hydrogen-bond donors (Lipinski definition) is 2. The fourth-order valence-corrected chi connectivity index (χ4v) is 2.72. The first-order valence-corrected chi connectivity index (χ1v) is 8.05. The lowest BCUT2D eigenvalue weighted by Crippen LogP contribution is -2.47. The Hall–Kier alpha value is -3.15. The van der Waals surface area contributed by atoms with Crippen LogP contribution >= 0.6 is 0 Å². The molecule has 2 aromatic carbocycles. The van der Waals surface area contributed by atoms with Crippen LogP contribution in [0.15, 0.2) is 54.6 Å². The summed E-state index contributed by atoms with van der Waals surface area (Å²) in [6.45, 7) is 0. The molecular weight excluding hydrogens is 316 g/mol. The monoisotopic (exact) mass is 336 g/mol. The number of carbonyl (C=O) groups is 2. The van der Waals surface area contributed by atoms with Crippen LogP contribution in [0.25, 0.3) is 10.9 Å². The van der Waals surface area contributed by atoms with Crippen molar-refractivity contribution in [3.8, 4) is 0 Å². The summed E-state index contributed by atoms with van der Waals surface area (Å²) in [7, 11) is 3.35. The molecule has 6 nitrogen and oxygen atoms in total. The van der Waals surface area contributed by atoms with Crippen LogP contribution in [0.1, 0.15) is 16.1 Å². The molecule has 1 aromatic heterocycles. The molecule has 25 heavy (non-hydrogen) atoms. The van der Waals surface area contributed by atoms with Gasteiger partial charge in [-0.1, -0.05) is 48.5 Å². The van der Waals surface area contributed by atoms with Crippen LogP contribution < -0.4 is 5.32 Å². The van der Waals surface area contributed by atoms with E-state index in [0.717, 1.165) is 16.5 Å². The minimum Gasteiger partial charge on any atom is -0.347 e. The van der Waals surface area contributed by atoms with Gasteiger partial charge in [-0.25, -0.2) is 0 Å². The second-order valence-corrected chi connectivity index (χ2v) is 6.07. The van der Waals surface area contributed by atoms with Crippen molar-refractivity contribution in [1.82, 2.24) is 20.4 Å². The molecule has 3 rings (SSSR count). The van der Waals surface area contributed by atoms with Gasteiger partial charge in [0.2, 0.25) is 5.91 Å². The van der Waals surface area contributed by atoms with Crippen molar-refractivity contribution in [1.29, 1.82) is 0 Å². The predicted octanol–water partition coefficient (Wildman–Crippen LogP) is 1.99. The van der Waals surface area contributed by atoms with Gasteiger partial charge in [0.15, 0.2) is 5.69 Å². The van der Waals surface area contributed by atoms with Crippen molar-refractivity contribution in [2.45, 2.75) is 12.5 Å². The van der Waals surface area contributed by atoms with Gasteiger partial charge in [-0.2, -0.15) is 5.10 Å². The molecule has 2 amide bonds. The lowest BCUT2D eigenvalue weighted by molar-refractivity contribution is -0.130. The average molecular weight is 336 g/mol. The molecule has 2 N–H and O–H groups in total. The topological polar surface area (TPSA) is 78.1 Å². The van der Waals surface area contributed by atoms with Gasteiger partial charge in [0, 0.05) is 25.9 Å². The highest BCUT2D eigenvalue weighted by Gasteiger charge is 2.25. The van der Waals surface area contributed by atoms with E-state index in [1.54, 1.807) is 14.1 Å². The lowest BCUT2D eigenvalue weighted by Gasteiger charge is -2.21. The van der Waals surface area contributed by atoms with Crippen LogP contribution in [0.5, 0.6) is 0 Å². The first-order chi connectivity index (χ1) is 12.1. The number of nitrogens with zero attached hydrogens (tertiary/aromatic N) is 2. The summed E-state index contributed by atoms with van der Waals surface area (Å²) in [5.74, 6) is -0.523. The standard InChI is InChI=1S/C19H20N4O2/c1-23(2)19(25)16(12-13-8-4-3-5-9-13)20-18(24)17-14-10-6-7-11-15(14)21-22-17/h3-11,16H,12H2,1-2H3,(H,20,24)(H,21,22)/t16-/m0/s1. The second-order valence-electron chi connectivity index (χ2n) is 6.07. The number of benzene rings is 2. The number of nitrogens with one attached hydrogen (secondary N) is 2. The lowest BCUT2D eigenvalue weighted by atomic mass is 10.0. The summed E-state index contributed by atoms with van der Waals surface area (Å²) < 4.78 is 0. The van der Waals surface area contributed by atoms with Crippen molar-refractivity contribution in [2.24, 2.45) is 0 Å². The summed E-state index contributed by atoms with van der Waals surface area (Å²) in [6.07, 6.45) is 0.423. The van der Waals surface area contributed by atoms with Crippen molar-refractivity contribution < 1.29 is 9.59 Å². The normalized spacial score (nSPS) is 11.9. The van der Waals surface area contributed by atoms with E-state index in [9.17, 15) is 9.59 Å². The van der Waals surface area contributed by atoms with Gasteiger partial charge < -0.3 is 10.2 Å². The molecule has 0 aliphatic rings. The maximum Gasteiger partial charge on any atom is 0.273 e. The molecule has 0 aliphatic heterocycles. The van der Waals surface area contributed by atoms with E-state index in [1.165, 1.54) is 4.90 Å². The molecule has 6 heteroatoms. The van der Waals surface area contributed by atoms with Crippen LogP contribution in [0.4, 0.5) is 0 Å². The SMILES string of the molecule is CN(C)C(=O)[C@H](Cc1ccccc1)NC(=O)c1n[nH]c2ccccc12. The van der Waals surface area contributed by atoms with Crippen molar-refractivity contribution in [3.05, 3.63) is 65.9 Å². The van der Waals surface area contributed by atoms with E-state index < -0.39 is 6.04 Å². The van der Waals surface area contributed by atoms with Gasteiger partial charge in [0.1, 0.15) is 6.04 Å². The van der Waals surface area contributed by atoms with E-state index in [4.69, 9.17) is 0 Å². The maximum atomic E-state index is 12.7. The zero-order valence-electron chi connectivity index (χ0n) is 14.2. The van der Waals surface area contributed by atoms with Gasteiger partial charge in [0.25, 0.3) is 5.91 Å². The molecule has 1 atom stereocenters. The van der Waals surface area contributed by atoms with E-state index in [0.29, 0.717) is 12.1 Å². The number of carbonyl (C=O) groups excluding carboxylic acids is 2. The molecule has 128 valence electrons. The highest BCUT2D eigenvalue weighted by Crippen LogP contribution is 2.15. The largest absolute Gasteiger partial charge is 0.347 e. The molecule has 0 bridgehead atoms. The van der Waals surface area contributed by atoms with E-state index in [2.05, 4.69) is 15.5 Å². The maximum absolute atomic E-state index is 12.7. The fraction of sp³-hybridized carbons (Fsp3) is 0.211. The molecule has 0 aliphatic carbocycles. The summed E-state index contributed by atoms with van der Waals surface area (Å²) in [4.78, 5) is 26.7. The Morgan fingerprint density at radius 2 is 1.76 bits per heavy atom. The Morgan fingerprint density at radius 3 is 2.48 bits per heavy atom. The number of fused-ring (bicyclic) bond motifs is 1. The van der Waals surface area contributed by atoms with E-state index in [1.807, 2.05) is 54.6 Å². The van der Waals surface area contributed by atoms with Crippen LogP contribution in [-0.2, 0) is 11.2 Å². The third kappa shape index (κ3) is 3.68. The number of H-pyrrole nitrogens is 1. The zero-order valence-corrected chi connectivity index (χ0v) is 14.2. The third-order valence-electron chi connectivity index (χ3n) is 4.01. The van der Waals surface area contributed by atoms with Crippen molar-refractivity contribution in [3.63, 3.8) is 0 Å². The smallest absolute Gasteiger partial charge is 0.273 e. The average Bonchev–Trinajstić information content (AvgIpc) is 3.05. The van der Waals surface area contributed by atoms with Crippen molar-refractivity contribution in [2.75, 3.05) is 14.1 Å². The van der Waals surface area contributed by atoms with Crippen molar-refractivity contribution >= 4 is 22.7 Å². The Kier molecular flexibility index (Phi) is 4.79. The first kappa shape index (κ1) is 16.7. The number of rotatable bonds is 5. The van der Waals surface area contributed by atoms with Gasteiger partial charge in [-0.15, -0.1) is 0 Å². The number of para-hydroxylation sites is 1. The first-order valence-electron chi connectivity index (χ1n) is 8.05.